The van der Waals surface area contributed by atoms with Crippen LogP contribution in [0.1, 0.15) is 27.8 Å². The minimum absolute atomic E-state index is 0.00700. The summed E-state index contributed by atoms with van der Waals surface area (Å²) in [5.41, 5.74) is 12.7. The summed E-state index contributed by atoms with van der Waals surface area (Å²) < 4.78 is 14.1. The van der Waals surface area contributed by atoms with Gasteiger partial charge in [0.05, 0.1) is 50.2 Å². The lowest BCUT2D eigenvalue weighted by molar-refractivity contribution is -0.148. The Hall–Kier alpha value is -7.69. The van der Waals surface area contributed by atoms with E-state index in [4.69, 9.17) is 20.3 Å². The van der Waals surface area contributed by atoms with E-state index < -0.39 is 17.7 Å². The maximum Gasteiger partial charge on any atom is 0.371 e. The lowest BCUT2D eigenvalue weighted by Gasteiger charge is -2.28. The molecule has 2 aliphatic rings. The van der Waals surface area contributed by atoms with Crippen molar-refractivity contribution in [1.29, 1.82) is 0 Å². The number of Topliss-reactive ketones (excluding diaryl/α,β-unsaturated/α-hetero) is 1. The molecule has 3 aromatic heterocycles. The number of ether oxygens (including phenoxy) is 2. The first-order valence-electron chi connectivity index (χ1n) is 19.7. The van der Waals surface area contributed by atoms with Crippen LogP contribution >= 0.6 is 0 Å². The van der Waals surface area contributed by atoms with Crippen molar-refractivity contribution < 1.29 is 38.9 Å². The zero-order valence-corrected chi connectivity index (χ0v) is 34.0. The summed E-state index contributed by atoms with van der Waals surface area (Å²) in [5, 5.41) is 26.6. The molecule has 7 aromatic rings. The number of aromatic nitrogens is 5. The van der Waals surface area contributed by atoms with Crippen LogP contribution in [0.25, 0.3) is 33.5 Å². The maximum absolute atomic E-state index is 11.7. The number of aliphatic carboxylic acids is 1. The summed E-state index contributed by atoms with van der Waals surface area (Å²) in [7, 11) is 0. The second-order valence-corrected chi connectivity index (χ2v) is 13.8. The molecular formula is C46H46N8O8. The van der Waals surface area contributed by atoms with Crippen molar-refractivity contribution in [1.82, 2.24) is 24.5 Å². The van der Waals surface area contributed by atoms with E-state index in [-0.39, 0.29) is 5.69 Å². The number of benzene rings is 4. The van der Waals surface area contributed by atoms with E-state index in [2.05, 4.69) is 37.1 Å². The normalized spacial score (nSPS) is 13.3. The Balaban J connectivity index is 0.000000165. The Labute approximate surface area is 357 Å². The van der Waals surface area contributed by atoms with Crippen LogP contribution in [0.5, 0.6) is 0 Å². The number of hydrogen-bond acceptors (Lipinski definition) is 12. The third-order valence-corrected chi connectivity index (χ3v) is 9.70. The summed E-state index contributed by atoms with van der Waals surface area (Å²) in [6.45, 7) is 7.63. The molecule has 0 saturated carbocycles. The van der Waals surface area contributed by atoms with Gasteiger partial charge in [0.25, 0.3) is 0 Å². The second-order valence-electron chi connectivity index (χ2n) is 13.8. The van der Waals surface area contributed by atoms with E-state index in [1.165, 1.54) is 5.69 Å². The molecule has 62 heavy (non-hydrogen) atoms. The SMILES string of the molecule is CC(=O)C(=O)O.Nc1ccnn1-c1ccccc1.O=C(O)c1cc(-c2ccc(N3CCOCC3)cc2)c2cnn(-c3ccccc3)c2n1.O=Cc1ccc(N2CCOCC2)cc1. The molecule has 16 nitrogen and oxygen atoms in total. The highest BCUT2D eigenvalue weighted by molar-refractivity contribution is 6.31. The Morgan fingerprint density at radius 1 is 0.661 bits per heavy atom. The zero-order valence-electron chi connectivity index (χ0n) is 34.0. The van der Waals surface area contributed by atoms with Crippen LogP contribution in [0.3, 0.4) is 0 Å². The van der Waals surface area contributed by atoms with Crippen LogP contribution in [-0.2, 0) is 19.1 Å². The number of fused-ring (bicyclic) bond motifs is 1. The number of para-hydroxylation sites is 2. The molecule has 2 aliphatic heterocycles. The third-order valence-electron chi connectivity index (χ3n) is 9.70. The summed E-state index contributed by atoms with van der Waals surface area (Å²) in [6, 6.07) is 38.6. The van der Waals surface area contributed by atoms with Crippen molar-refractivity contribution in [3.05, 3.63) is 145 Å². The van der Waals surface area contributed by atoms with Crippen molar-refractivity contribution in [3.8, 4) is 22.5 Å². The minimum Gasteiger partial charge on any atom is -0.477 e. The van der Waals surface area contributed by atoms with Crippen molar-refractivity contribution in [2.75, 3.05) is 68.1 Å². The fourth-order valence-corrected chi connectivity index (χ4v) is 6.46. The average molecular weight is 839 g/mol. The Morgan fingerprint density at radius 3 is 1.61 bits per heavy atom. The number of carboxylic acids is 2. The highest BCUT2D eigenvalue weighted by Gasteiger charge is 2.18. The highest BCUT2D eigenvalue weighted by atomic mass is 16.5. The number of pyridine rings is 1. The largest absolute Gasteiger partial charge is 0.477 e. The molecule has 0 unspecified atom stereocenters. The predicted molar refractivity (Wildman–Crippen MR) is 235 cm³/mol. The summed E-state index contributed by atoms with van der Waals surface area (Å²) in [5.74, 6) is -2.62. The van der Waals surface area contributed by atoms with Crippen LogP contribution in [-0.4, -0.2) is 111 Å². The van der Waals surface area contributed by atoms with Crippen LogP contribution in [0, 0.1) is 0 Å². The Morgan fingerprint density at radius 2 is 1.16 bits per heavy atom. The van der Waals surface area contributed by atoms with E-state index in [0.29, 0.717) is 11.5 Å². The van der Waals surface area contributed by atoms with E-state index in [0.717, 1.165) is 105 Å². The number of ketones is 1. The molecule has 0 spiro atoms. The van der Waals surface area contributed by atoms with Crippen LogP contribution in [0.15, 0.2) is 134 Å². The number of anilines is 3. The number of morpholine rings is 2. The first-order valence-corrected chi connectivity index (χ1v) is 19.7. The number of aldehydes is 1. The number of carbonyl (C=O) groups excluding carboxylic acids is 2. The fourth-order valence-electron chi connectivity index (χ4n) is 6.46. The highest BCUT2D eigenvalue weighted by Crippen LogP contribution is 2.31. The first-order chi connectivity index (χ1) is 30.1. The molecule has 0 atom stereocenters. The topological polar surface area (TPSA) is 208 Å². The number of carbonyl (C=O) groups is 4. The van der Waals surface area contributed by atoms with Crippen LogP contribution in [0.4, 0.5) is 17.2 Å². The van der Waals surface area contributed by atoms with Gasteiger partial charge in [0, 0.05) is 61.5 Å². The molecule has 318 valence electrons. The summed E-state index contributed by atoms with van der Waals surface area (Å²) >= 11 is 0. The fraction of sp³-hybridized carbons (Fsp3) is 0.196. The van der Waals surface area contributed by atoms with Gasteiger partial charge in [-0.15, -0.1) is 0 Å². The molecule has 5 heterocycles. The van der Waals surface area contributed by atoms with Gasteiger partial charge in [0.2, 0.25) is 5.78 Å². The maximum atomic E-state index is 11.7. The zero-order chi connectivity index (χ0) is 43.8. The number of nitrogen functional groups attached to an aromatic ring is 1. The number of carboxylic acid groups (broad SMARTS) is 2. The number of nitrogens with two attached hydrogens (primary N) is 1. The van der Waals surface area contributed by atoms with E-state index >= 15 is 0 Å². The smallest absolute Gasteiger partial charge is 0.371 e. The molecule has 0 radical (unpaired) electrons. The molecule has 2 saturated heterocycles. The predicted octanol–water partition coefficient (Wildman–Crippen LogP) is 6.07. The summed E-state index contributed by atoms with van der Waals surface area (Å²) in [4.78, 5) is 50.0. The van der Waals surface area contributed by atoms with Gasteiger partial charge in [-0.05, 0) is 77.9 Å². The molecule has 0 amide bonds. The Bertz CT molecular complexity index is 2540. The van der Waals surface area contributed by atoms with Gasteiger partial charge >= 0.3 is 11.9 Å². The standard InChI is InChI=1S/C23H20N4O3.C11H13NO2.C9H9N3.C3H4O3/c28-23(29)21-14-19(16-6-8-17(9-7-16)26-10-12-30-13-11-26)20-15-24-27(22(20)25-21)18-4-2-1-3-5-18;13-9-10-1-3-11(4-2-10)12-5-7-14-8-6-12;10-9-6-7-11-12(9)8-4-2-1-3-5-8;1-2(4)3(5)6/h1-9,14-15H,10-13H2,(H,28,29);1-4,9H,5-8H2;1-7H,10H2;1H3,(H,5,6). The molecule has 0 aliphatic carbocycles. The number of hydrogen-bond donors (Lipinski definition) is 3. The van der Waals surface area contributed by atoms with Crippen LogP contribution in [0.2, 0.25) is 0 Å². The van der Waals surface area contributed by atoms with Gasteiger partial charge in [0.15, 0.2) is 11.3 Å². The first kappa shape index (κ1) is 43.9. The van der Waals surface area contributed by atoms with Crippen molar-refractivity contribution in [3.63, 3.8) is 0 Å². The Kier molecular flexibility index (Phi) is 15.2. The van der Waals surface area contributed by atoms with Gasteiger partial charge in [-0.1, -0.05) is 48.5 Å². The van der Waals surface area contributed by atoms with Gasteiger partial charge in [0.1, 0.15) is 12.1 Å². The van der Waals surface area contributed by atoms with E-state index in [9.17, 15) is 24.3 Å². The molecule has 16 heteroatoms. The number of nitrogens with zero attached hydrogens (tertiary/aromatic N) is 7. The van der Waals surface area contributed by atoms with E-state index in [1.54, 1.807) is 33.9 Å². The van der Waals surface area contributed by atoms with Crippen LogP contribution < -0.4 is 15.5 Å². The van der Waals surface area contributed by atoms with Crippen molar-refractivity contribution >= 4 is 52.2 Å². The molecule has 9 rings (SSSR count). The molecular weight excluding hydrogens is 793 g/mol. The van der Waals surface area contributed by atoms with E-state index in [1.807, 2.05) is 97.1 Å². The molecule has 2 fully saturated rings. The lowest BCUT2D eigenvalue weighted by Crippen LogP contribution is -2.36. The minimum atomic E-state index is -1.38. The third kappa shape index (κ3) is 11.5. The van der Waals surface area contributed by atoms with Gasteiger partial charge in [-0.2, -0.15) is 10.2 Å². The van der Waals surface area contributed by atoms with Crippen molar-refractivity contribution in [2.24, 2.45) is 0 Å². The van der Waals surface area contributed by atoms with Gasteiger partial charge in [-0.3, -0.25) is 9.59 Å². The van der Waals surface area contributed by atoms with Gasteiger partial charge < -0.3 is 35.2 Å². The summed E-state index contributed by atoms with van der Waals surface area (Å²) in [6.07, 6.45) is 4.29. The van der Waals surface area contributed by atoms with Crippen molar-refractivity contribution in [2.45, 2.75) is 6.92 Å². The second kappa shape index (κ2) is 21.5. The van der Waals surface area contributed by atoms with Gasteiger partial charge in [-0.25, -0.2) is 23.9 Å². The number of aromatic carboxylic acids is 1. The number of rotatable bonds is 8. The lowest BCUT2D eigenvalue weighted by atomic mass is 10.0. The molecule has 4 N–H and O–H groups in total. The monoisotopic (exact) mass is 838 g/mol. The molecule has 4 aromatic carbocycles. The quantitative estimate of drug-likeness (QED) is 0.117. The average Bonchev–Trinajstić information content (AvgIpc) is 3.97. The molecule has 0 bridgehead atoms.